The molecular formula is C13H13BrN2O5. The summed E-state index contributed by atoms with van der Waals surface area (Å²) in [6, 6.07) is 4.23. The number of likely N-dealkylation sites (tertiary alicyclic amines) is 1. The first kappa shape index (κ1) is 15.4. The van der Waals surface area contributed by atoms with Crippen LogP contribution in [0.1, 0.15) is 23.2 Å². The maximum Gasteiger partial charge on any atom is 0.308 e. The fraction of sp³-hybridized carbons (Fsp3) is 0.385. The molecule has 0 aromatic heterocycles. The normalized spacial score (nSPS) is 18.3. The summed E-state index contributed by atoms with van der Waals surface area (Å²) in [5, 5.41) is 19.9. The van der Waals surface area contributed by atoms with Crippen LogP contribution < -0.4 is 0 Å². The van der Waals surface area contributed by atoms with E-state index in [0.29, 0.717) is 19.4 Å². The molecule has 7 nitrogen and oxygen atoms in total. The molecular weight excluding hydrogens is 344 g/mol. The zero-order valence-corrected chi connectivity index (χ0v) is 12.6. The van der Waals surface area contributed by atoms with Crippen LogP contribution in [0.4, 0.5) is 5.69 Å². The molecule has 0 radical (unpaired) electrons. The van der Waals surface area contributed by atoms with Gasteiger partial charge in [0.25, 0.3) is 11.6 Å². The molecule has 1 aromatic rings. The van der Waals surface area contributed by atoms with Crippen molar-refractivity contribution in [3.8, 4) is 0 Å². The number of carboxylic acids is 1. The average molecular weight is 357 g/mol. The number of carboxylic acid groups (broad SMARTS) is 1. The number of carbonyl (C=O) groups is 2. The van der Waals surface area contributed by atoms with Gasteiger partial charge in [-0.1, -0.05) is 6.07 Å². The van der Waals surface area contributed by atoms with Gasteiger partial charge in [-0.25, -0.2) is 0 Å². The van der Waals surface area contributed by atoms with Crippen LogP contribution in [-0.2, 0) is 4.79 Å². The Hall–Kier alpha value is -1.96. The number of halogens is 1. The number of nitro benzene ring substituents is 1. The summed E-state index contributed by atoms with van der Waals surface area (Å²) >= 11 is 3.09. The van der Waals surface area contributed by atoms with Gasteiger partial charge in [0.15, 0.2) is 0 Å². The number of benzene rings is 1. The standard InChI is InChI=1S/C13H13BrN2O5/c14-11-9(4-1-5-10(11)16(20)21)12(17)15-6-2-3-8(7-15)13(18)19/h1,4-5,8H,2-3,6-7H2,(H,18,19). The Morgan fingerprint density at radius 1 is 1.43 bits per heavy atom. The Balaban J connectivity index is 2.26. The summed E-state index contributed by atoms with van der Waals surface area (Å²) in [4.78, 5) is 35.2. The maximum atomic E-state index is 12.4. The SMILES string of the molecule is O=C(O)C1CCCN(C(=O)c2cccc([N+](=O)[O-])c2Br)C1. The lowest BCUT2D eigenvalue weighted by molar-refractivity contribution is -0.385. The smallest absolute Gasteiger partial charge is 0.308 e. The Kier molecular flexibility index (Phi) is 4.56. The van der Waals surface area contributed by atoms with Crippen molar-refractivity contribution in [3.63, 3.8) is 0 Å². The molecule has 8 heteroatoms. The fourth-order valence-corrected chi connectivity index (χ4v) is 2.94. The number of rotatable bonds is 3. The molecule has 1 amide bonds. The zero-order valence-electron chi connectivity index (χ0n) is 11.0. The second kappa shape index (κ2) is 6.21. The molecule has 0 saturated carbocycles. The molecule has 0 bridgehead atoms. The van der Waals surface area contributed by atoms with Gasteiger partial charge in [-0.15, -0.1) is 0 Å². The van der Waals surface area contributed by atoms with Crippen molar-refractivity contribution in [2.24, 2.45) is 5.92 Å². The number of piperidine rings is 1. The third-order valence-corrected chi connectivity index (χ3v) is 4.30. The van der Waals surface area contributed by atoms with Crippen molar-refractivity contribution in [1.29, 1.82) is 0 Å². The van der Waals surface area contributed by atoms with Crippen LogP contribution in [0.3, 0.4) is 0 Å². The second-order valence-electron chi connectivity index (χ2n) is 4.82. The molecule has 112 valence electrons. The van der Waals surface area contributed by atoms with E-state index in [2.05, 4.69) is 15.9 Å². The van der Waals surface area contributed by atoms with Crippen molar-refractivity contribution in [1.82, 2.24) is 4.90 Å². The minimum absolute atomic E-state index is 0.123. The Labute approximate surface area is 128 Å². The van der Waals surface area contributed by atoms with E-state index in [1.165, 1.54) is 23.1 Å². The van der Waals surface area contributed by atoms with Gasteiger partial charge in [0.2, 0.25) is 0 Å². The number of carbonyl (C=O) groups excluding carboxylic acids is 1. The highest BCUT2D eigenvalue weighted by molar-refractivity contribution is 9.10. The van der Waals surface area contributed by atoms with Crippen LogP contribution in [0.2, 0.25) is 0 Å². The lowest BCUT2D eigenvalue weighted by atomic mass is 9.97. The summed E-state index contributed by atoms with van der Waals surface area (Å²) in [7, 11) is 0. The quantitative estimate of drug-likeness (QED) is 0.661. The topological polar surface area (TPSA) is 101 Å². The molecule has 21 heavy (non-hydrogen) atoms. The molecule has 0 spiro atoms. The number of aliphatic carboxylic acids is 1. The molecule has 1 aliphatic rings. The average Bonchev–Trinajstić information content (AvgIpc) is 2.46. The largest absolute Gasteiger partial charge is 0.481 e. The maximum absolute atomic E-state index is 12.4. The van der Waals surface area contributed by atoms with Crippen molar-refractivity contribution in [2.75, 3.05) is 13.1 Å². The van der Waals surface area contributed by atoms with Gasteiger partial charge in [-0.2, -0.15) is 0 Å². The Morgan fingerprint density at radius 3 is 2.76 bits per heavy atom. The lowest BCUT2D eigenvalue weighted by Crippen LogP contribution is -2.42. The lowest BCUT2D eigenvalue weighted by Gasteiger charge is -2.30. The van der Waals surface area contributed by atoms with Gasteiger partial charge in [0.05, 0.1) is 16.4 Å². The van der Waals surface area contributed by atoms with Gasteiger partial charge in [0.1, 0.15) is 4.47 Å². The molecule has 2 rings (SSSR count). The third kappa shape index (κ3) is 3.21. The summed E-state index contributed by atoms with van der Waals surface area (Å²) in [6.45, 7) is 0.584. The highest BCUT2D eigenvalue weighted by Crippen LogP contribution is 2.30. The predicted molar refractivity (Wildman–Crippen MR) is 77.1 cm³/mol. The third-order valence-electron chi connectivity index (χ3n) is 3.46. The molecule has 1 aliphatic heterocycles. The minimum atomic E-state index is -0.925. The molecule has 1 N–H and O–H groups in total. The number of hydrogen-bond donors (Lipinski definition) is 1. The first-order valence-electron chi connectivity index (χ1n) is 6.36. The predicted octanol–water partition coefficient (Wildman–Crippen LogP) is 2.29. The van der Waals surface area contributed by atoms with Crippen LogP contribution in [0.25, 0.3) is 0 Å². The van der Waals surface area contributed by atoms with E-state index in [1.807, 2.05) is 0 Å². The van der Waals surface area contributed by atoms with Crippen molar-refractivity contribution in [3.05, 3.63) is 38.3 Å². The van der Waals surface area contributed by atoms with Crippen LogP contribution in [0.5, 0.6) is 0 Å². The van der Waals surface area contributed by atoms with Crippen molar-refractivity contribution >= 4 is 33.5 Å². The zero-order chi connectivity index (χ0) is 15.6. The molecule has 1 unspecified atom stereocenters. The van der Waals surface area contributed by atoms with Crippen LogP contribution in [0.15, 0.2) is 22.7 Å². The first-order chi connectivity index (χ1) is 9.91. The summed E-state index contributed by atoms with van der Waals surface area (Å²) < 4.78 is 0.123. The van der Waals surface area contributed by atoms with Gasteiger partial charge in [-0.05, 0) is 34.8 Å². The summed E-state index contributed by atoms with van der Waals surface area (Å²) in [5.41, 5.74) is -0.0112. The summed E-state index contributed by atoms with van der Waals surface area (Å²) in [5.74, 6) is -1.90. The van der Waals surface area contributed by atoms with Crippen LogP contribution >= 0.6 is 15.9 Å². The van der Waals surface area contributed by atoms with E-state index >= 15 is 0 Å². The minimum Gasteiger partial charge on any atom is -0.481 e. The van der Waals surface area contributed by atoms with E-state index in [9.17, 15) is 19.7 Å². The van der Waals surface area contributed by atoms with E-state index in [1.54, 1.807) is 0 Å². The fourth-order valence-electron chi connectivity index (χ4n) is 2.36. The van der Waals surface area contributed by atoms with Crippen LogP contribution in [0, 0.1) is 16.0 Å². The molecule has 1 heterocycles. The summed E-state index contributed by atoms with van der Waals surface area (Å²) in [6.07, 6.45) is 1.14. The molecule has 1 atom stereocenters. The van der Waals surface area contributed by atoms with E-state index in [0.717, 1.165) is 0 Å². The Morgan fingerprint density at radius 2 is 2.14 bits per heavy atom. The van der Waals surface area contributed by atoms with Gasteiger partial charge in [-0.3, -0.25) is 19.7 Å². The number of nitro groups is 1. The first-order valence-corrected chi connectivity index (χ1v) is 7.16. The highest BCUT2D eigenvalue weighted by atomic mass is 79.9. The number of nitrogens with zero attached hydrogens (tertiary/aromatic N) is 2. The number of hydrogen-bond acceptors (Lipinski definition) is 4. The molecule has 1 fully saturated rings. The molecule has 0 aliphatic carbocycles. The van der Waals surface area contributed by atoms with E-state index in [4.69, 9.17) is 5.11 Å². The van der Waals surface area contributed by atoms with Crippen LogP contribution in [-0.4, -0.2) is 39.9 Å². The van der Waals surface area contributed by atoms with Gasteiger partial charge in [0, 0.05) is 19.2 Å². The van der Waals surface area contributed by atoms with E-state index in [-0.39, 0.29) is 22.3 Å². The molecule has 1 saturated heterocycles. The number of amides is 1. The van der Waals surface area contributed by atoms with Crippen molar-refractivity contribution in [2.45, 2.75) is 12.8 Å². The van der Waals surface area contributed by atoms with Gasteiger partial charge < -0.3 is 10.0 Å². The highest BCUT2D eigenvalue weighted by Gasteiger charge is 2.30. The Bertz CT molecular complexity index is 604. The molecule has 1 aromatic carbocycles. The second-order valence-corrected chi connectivity index (χ2v) is 5.62. The van der Waals surface area contributed by atoms with Crippen molar-refractivity contribution < 1.29 is 19.6 Å². The van der Waals surface area contributed by atoms with E-state index < -0.39 is 22.7 Å². The van der Waals surface area contributed by atoms with Gasteiger partial charge >= 0.3 is 5.97 Å². The monoisotopic (exact) mass is 356 g/mol.